The van der Waals surface area contributed by atoms with Crippen molar-refractivity contribution in [2.24, 2.45) is 0 Å². The lowest BCUT2D eigenvalue weighted by Gasteiger charge is -2.29. The zero-order chi connectivity index (χ0) is 24.0. The Morgan fingerprint density at radius 1 is 1.24 bits per heavy atom. The van der Waals surface area contributed by atoms with Crippen molar-refractivity contribution in [3.8, 4) is 29.1 Å². The third kappa shape index (κ3) is 5.46. The van der Waals surface area contributed by atoms with E-state index in [1.54, 1.807) is 43.3 Å². The Kier molecular flexibility index (Phi) is 7.61. The third-order valence-electron chi connectivity index (χ3n) is 5.99. The molecule has 0 spiro atoms. The van der Waals surface area contributed by atoms with Crippen LogP contribution < -0.4 is 18.9 Å². The van der Waals surface area contributed by atoms with Gasteiger partial charge in [0.2, 0.25) is 6.04 Å². The van der Waals surface area contributed by atoms with Gasteiger partial charge in [-0.25, -0.2) is 0 Å². The number of methoxy groups -OCH3 is 2. The highest BCUT2D eigenvalue weighted by Crippen LogP contribution is 2.36. The van der Waals surface area contributed by atoms with Crippen molar-refractivity contribution in [1.82, 2.24) is 0 Å². The molecule has 0 saturated heterocycles. The number of nitriles is 1. The summed E-state index contributed by atoms with van der Waals surface area (Å²) in [4.78, 5) is 11.2. The molecule has 4 atom stereocenters. The van der Waals surface area contributed by atoms with Gasteiger partial charge in [0.1, 0.15) is 18.8 Å². The number of hydrogen-bond acceptors (Lipinski definition) is 8. The number of ether oxygens (including phenoxy) is 4. The molecule has 0 aromatic heterocycles. The zero-order valence-corrected chi connectivity index (χ0v) is 18.9. The second-order valence-corrected chi connectivity index (χ2v) is 8.21. The third-order valence-corrected chi connectivity index (χ3v) is 5.99. The summed E-state index contributed by atoms with van der Waals surface area (Å²) >= 11 is 0. The first kappa shape index (κ1) is 24.1. The van der Waals surface area contributed by atoms with Gasteiger partial charge >= 0.3 is 0 Å². The fourth-order valence-electron chi connectivity index (χ4n) is 3.91. The molecule has 2 aromatic carbocycles. The number of hydrogen-bond donors (Lipinski definition) is 1. The van der Waals surface area contributed by atoms with Gasteiger partial charge in [0, 0.05) is 4.92 Å². The molecular formula is C24H28N2O7. The van der Waals surface area contributed by atoms with Crippen molar-refractivity contribution >= 4 is 0 Å². The Morgan fingerprint density at radius 2 is 1.94 bits per heavy atom. The van der Waals surface area contributed by atoms with E-state index >= 15 is 0 Å². The number of nitrogens with zero attached hydrogens (tertiary/aromatic N) is 2. The molecule has 1 aliphatic heterocycles. The molecule has 3 rings (SSSR count). The van der Waals surface area contributed by atoms with Crippen LogP contribution in [0.3, 0.4) is 0 Å². The number of rotatable bonds is 10. The second kappa shape index (κ2) is 10.4. The number of aliphatic hydroxyl groups excluding tert-OH is 1. The monoisotopic (exact) mass is 456 g/mol. The molecule has 9 heteroatoms. The van der Waals surface area contributed by atoms with Gasteiger partial charge in [-0.2, -0.15) is 5.26 Å². The quantitative estimate of drug-likeness (QED) is 0.425. The molecule has 0 aliphatic carbocycles. The number of para-hydroxylation sites is 2. The topological polar surface area (TPSA) is 124 Å². The van der Waals surface area contributed by atoms with Crippen LogP contribution in [0, 0.1) is 21.4 Å². The van der Waals surface area contributed by atoms with E-state index in [9.17, 15) is 20.5 Å². The van der Waals surface area contributed by atoms with Gasteiger partial charge in [-0.15, -0.1) is 0 Å². The standard InChI is InChI=1S/C24H28N2O7/c1-24(15-25,16-8-9-20(30-2)23(12-16)31-3)11-10-19(27)18(26(28)29)13-17-14-32-21-6-4-5-7-22(21)33-17/h4-9,12,17-19,27H,10-11,13-14H2,1-3H3. The second-order valence-electron chi connectivity index (χ2n) is 8.21. The predicted molar refractivity (Wildman–Crippen MR) is 120 cm³/mol. The van der Waals surface area contributed by atoms with Gasteiger partial charge in [0.15, 0.2) is 23.0 Å². The van der Waals surface area contributed by atoms with E-state index in [1.807, 2.05) is 6.07 Å². The van der Waals surface area contributed by atoms with Crippen LogP contribution in [0.5, 0.6) is 23.0 Å². The van der Waals surface area contributed by atoms with Crippen LogP contribution in [0.25, 0.3) is 0 Å². The molecule has 1 aliphatic rings. The van der Waals surface area contributed by atoms with E-state index in [2.05, 4.69) is 6.07 Å². The van der Waals surface area contributed by atoms with Crippen LogP contribution in [-0.4, -0.2) is 49.1 Å². The number of nitro groups is 1. The van der Waals surface area contributed by atoms with Crippen molar-refractivity contribution in [3.63, 3.8) is 0 Å². The minimum absolute atomic E-state index is 0.0118. The molecule has 4 unspecified atom stereocenters. The molecule has 0 amide bonds. The van der Waals surface area contributed by atoms with Crippen molar-refractivity contribution < 1.29 is 29.0 Å². The molecule has 0 saturated carbocycles. The molecule has 0 fully saturated rings. The van der Waals surface area contributed by atoms with Gasteiger partial charge in [-0.05, 0) is 49.6 Å². The molecule has 0 bridgehead atoms. The smallest absolute Gasteiger partial charge is 0.242 e. The van der Waals surface area contributed by atoms with E-state index in [0.717, 1.165) is 0 Å². The Hall–Kier alpha value is -3.51. The molecule has 176 valence electrons. The average molecular weight is 456 g/mol. The van der Waals surface area contributed by atoms with Crippen molar-refractivity contribution in [3.05, 3.63) is 58.1 Å². The number of benzene rings is 2. The first-order valence-electron chi connectivity index (χ1n) is 10.6. The SMILES string of the molecule is COc1ccc(C(C)(C#N)CCC(O)C(CC2COc3ccccc3O2)[N+](=O)[O-])cc1OC. The van der Waals surface area contributed by atoms with E-state index in [4.69, 9.17) is 18.9 Å². The minimum Gasteiger partial charge on any atom is -0.493 e. The lowest BCUT2D eigenvalue weighted by Crippen LogP contribution is -2.41. The highest BCUT2D eigenvalue weighted by molar-refractivity contribution is 5.46. The van der Waals surface area contributed by atoms with Gasteiger partial charge in [-0.3, -0.25) is 10.1 Å². The summed E-state index contributed by atoms with van der Waals surface area (Å²) < 4.78 is 22.0. The van der Waals surface area contributed by atoms with Gasteiger partial charge in [-0.1, -0.05) is 18.2 Å². The maximum absolute atomic E-state index is 11.7. The summed E-state index contributed by atoms with van der Waals surface area (Å²) in [7, 11) is 3.03. The molecule has 33 heavy (non-hydrogen) atoms. The maximum Gasteiger partial charge on any atom is 0.242 e. The van der Waals surface area contributed by atoms with E-state index in [-0.39, 0.29) is 25.9 Å². The first-order valence-corrected chi connectivity index (χ1v) is 10.6. The van der Waals surface area contributed by atoms with Crippen LogP contribution >= 0.6 is 0 Å². The van der Waals surface area contributed by atoms with Crippen LogP contribution in [-0.2, 0) is 5.41 Å². The number of fused-ring (bicyclic) bond motifs is 1. The molecule has 2 aromatic rings. The minimum atomic E-state index is -1.26. The van der Waals surface area contributed by atoms with Crippen molar-refractivity contribution in [1.29, 1.82) is 5.26 Å². The summed E-state index contributed by atoms with van der Waals surface area (Å²) in [6.07, 6.45) is -1.54. The Morgan fingerprint density at radius 3 is 2.58 bits per heavy atom. The number of aliphatic hydroxyl groups is 1. The highest BCUT2D eigenvalue weighted by atomic mass is 16.6. The van der Waals surface area contributed by atoms with Gasteiger partial charge in [0.25, 0.3) is 0 Å². The van der Waals surface area contributed by atoms with Crippen molar-refractivity contribution in [2.45, 2.75) is 49.9 Å². The van der Waals surface area contributed by atoms with Gasteiger partial charge in [0.05, 0.1) is 32.1 Å². The average Bonchev–Trinajstić information content (AvgIpc) is 2.84. The highest BCUT2D eigenvalue weighted by Gasteiger charge is 2.37. The van der Waals surface area contributed by atoms with Gasteiger partial charge < -0.3 is 24.1 Å². The Labute approximate surface area is 192 Å². The van der Waals surface area contributed by atoms with Crippen LogP contribution in [0.4, 0.5) is 0 Å². The molecular weight excluding hydrogens is 428 g/mol. The fraction of sp³-hybridized carbons (Fsp3) is 0.458. The van der Waals surface area contributed by atoms with E-state index in [0.29, 0.717) is 28.6 Å². The summed E-state index contributed by atoms with van der Waals surface area (Å²) in [6.45, 7) is 1.90. The molecule has 9 nitrogen and oxygen atoms in total. The summed E-state index contributed by atoms with van der Waals surface area (Å²) in [5, 5.41) is 32.3. The Bertz CT molecular complexity index is 1020. The van der Waals surface area contributed by atoms with E-state index in [1.165, 1.54) is 14.2 Å². The fourth-order valence-corrected chi connectivity index (χ4v) is 3.91. The Balaban J connectivity index is 1.68. The molecule has 1 heterocycles. The maximum atomic E-state index is 11.7. The lowest BCUT2D eigenvalue weighted by molar-refractivity contribution is -0.537. The largest absolute Gasteiger partial charge is 0.493 e. The summed E-state index contributed by atoms with van der Waals surface area (Å²) in [5.41, 5.74) is -0.307. The summed E-state index contributed by atoms with van der Waals surface area (Å²) in [6, 6.07) is 13.3. The summed E-state index contributed by atoms with van der Waals surface area (Å²) in [5.74, 6) is 2.13. The zero-order valence-electron chi connectivity index (χ0n) is 18.9. The van der Waals surface area contributed by atoms with Crippen LogP contribution in [0.15, 0.2) is 42.5 Å². The van der Waals surface area contributed by atoms with E-state index < -0.39 is 28.6 Å². The molecule has 0 radical (unpaired) electrons. The predicted octanol–water partition coefficient (Wildman–Crippen LogP) is 3.50. The first-order chi connectivity index (χ1) is 15.8. The van der Waals surface area contributed by atoms with Crippen LogP contribution in [0.1, 0.15) is 31.7 Å². The molecule has 1 N–H and O–H groups in total. The lowest BCUT2D eigenvalue weighted by atomic mass is 9.78. The van der Waals surface area contributed by atoms with Crippen LogP contribution in [0.2, 0.25) is 0 Å². The normalized spacial score (nSPS) is 18.3. The van der Waals surface area contributed by atoms with Crippen molar-refractivity contribution in [2.75, 3.05) is 20.8 Å².